The van der Waals surface area contributed by atoms with E-state index >= 15 is 0 Å². The lowest BCUT2D eigenvalue weighted by Crippen LogP contribution is -2.45. The molecule has 6 nitrogen and oxygen atoms in total. The summed E-state index contributed by atoms with van der Waals surface area (Å²) in [6.45, 7) is 18.0. The van der Waals surface area contributed by atoms with Crippen molar-refractivity contribution >= 4 is 29.2 Å². The van der Waals surface area contributed by atoms with E-state index in [1.54, 1.807) is 26.8 Å². The van der Waals surface area contributed by atoms with Crippen LogP contribution in [-0.2, 0) is 14.3 Å². The number of aliphatic hydroxyl groups excluding tert-OH is 2. The summed E-state index contributed by atoms with van der Waals surface area (Å²) in [7, 11) is 0. The summed E-state index contributed by atoms with van der Waals surface area (Å²) in [4.78, 5) is 30.3. The molecule has 0 unspecified atom stereocenters. The third kappa shape index (κ3) is 9.47. The second-order valence-corrected chi connectivity index (χ2v) is 11.0. The molecule has 35 heavy (non-hydrogen) atoms. The molecular weight excluding hydrogens is 462 g/mol. The van der Waals surface area contributed by atoms with Gasteiger partial charge >= 0.3 is 5.97 Å². The molecule has 0 aliphatic rings. The Morgan fingerprint density at radius 1 is 1.23 bits per heavy atom. The molecule has 1 rings (SSSR count). The van der Waals surface area contributed by atoms with Gasteiger partial charge in [-0.25, -0.2) is 4.98 Å². The molecule has 196 valence electrons. The Kier molecular flexibility index (Phi) is 12.8. The maximum absolute atomic E-state index is 13.2. The van der Waals surface area contributed by atoms with Gasteiger partial charge in [-0.15, -0.1) is 24.5 Å². The van der Waals surface area contributed by atoms with Crippen LogP contribution in [0.15, 0.2) is 36.3 Å². The van der Waals surface area contributed by atoms with Crippen molar-refractivity contribution in [2.45, 2.75) is 92.0 Å². The molecule has 0 radical (unpaired) electrons. The van der Waals surface area contributed by atoms with Crippen molar-refractivity contribution in [1.82, 2.24) is 4.98 Å². The number of rotatable bonds is 16. The Morgan fingerprint density at radius 3 is 2.43 bits per heavy atom. The van der Waals surface area contributed by atoms with Gasteiger partial charge < -0.3 is 14.9 Å². The maximum atomic E-state index is 13.2. The number of carbonyl (C=O) groups excluding carboxylic acids is 2. The van der Waals surface area contributed by atoms with Crippen LogP contribution in [0.5, 0.6) is 0 Å². The van der Waals surface area contributed by atoms with Crippen molar-refractivity contribution in [3.63, 3.8) is 0 Å². The van der Waals surface area contributed by atoms with E-state index in [-0.39, 0.29) is 18.1 Å². The number of thiazole rings is 1. The molecule has 7 heteroatoms. The van der Waals surface area contributed by atoms with Gasteiger partial charge in [0, 0.05) is 17.7 Å². The highest BCUT2D eigenvalue weighted by Gasteiger charge is 2.42. The number of unbranched alkanes of at least 4 members (excludes halogenated alkanes) is 1. The van der Waals surface area contributed by atoms with Crippen molar-refractivity contribution in [3.05, 3.63) is 47.0 Å². The van der Waals surface area contributed by atoms with Crippen molar-refractivity contribution < 1.29 is 24.5 Å². The van der Waals surface area contributed by atoms with Gasteiger partial charge in [-0.2, -0.15) is 0 Å². The minimum absolute atomic E-state index is 0.0669. The van der Waals surface area contributed by atoms with Crippen LogP contribution in [0.25, 0.3) is 6.08 Å². The van der Waals surface area contributed by atoms with Gasteiger partial charge in [-0.3, -0.25) is 9.59 Å². The fourth-order valence-corrected chi connectivity index (χ4v) is 4.59. The summed E-state index contributed by atoms with van der Waals surface area (Å²) in [6.07, 6.45) is 5.38. The van der Waals surface area contributed by atoms with Crippen LogP contribution in [0, 0.1) is 24.2 Å². The predicted molar refractivity (Wildman–Crippen MR) is 143 cm³/mol. The number of hydrogen-bond donors (Lipinski definition) is 2. The lowest BCUT2D eigenvalue weighted by molar-refractivity contribution is -0.154. The summed E-state index contributed by atoms with van der Waals surface area (Å²) < 4.78 is 5.65. The minimum Gasteiger partial charge on any atom is -0.457 e. The zero-order valence-corrected chi connectivity index (χ0v) is 22.9. The van der Waals surface area contributed by atoms with Crippen LogP contribution in [-0.4, -0.2) is 45.3 Å². The molecule has 0 amide bonds. The number of ketones is 1. The average Bonchev–Trinajstić information content (AvgIpc) is 3.21. The highest BCUT2D eigenvalue weighted by atomic mass is 32.1. The maximum Gasteiger partial charge on any atom is 0.309 e. The van der Waals surface area contributed by atoms with Gasteiger partial charge in [0.05, 0.1) is 34.7 Å². The van der Waals surface area contributed by atoms with Crippen LogP contribution in [0.3, 0.4) is 0 Å². The number of aryl methyl sites for hydroxylation is 1. The van der Waals surface area contributed by atoms with Crippen LogP contribution in [0.1, 0.15) is 77.4 Å². The first-order chi connectivity index (χ1) is 16.3. The second kappa shape index (κ2) is 14.5. The molecule has 5 atom stereocenters. The third-order valence-corrected chi connectivity index (χ3v) is 7.37. The molecular formula is C28H43NO5S. The number of hydrogen-bond acceptors (Lipinski definition) is 7. The van der Waals surface area contributed by atoms with Crippen molar-refractivity contribution in [1.29, 1.82) is 0 Å². The lowest BCUT2D eigenvalue weighted by atomic mass is 9.73. The Balaban J connectivity index is 2.81. The molecule has 0 aromatic carbocycles. The number of carbonyl (C=O) groups is 2. The zero-order chi connectivity index (χ0) is 26.8. The first kappa shape index (κ1) is 30.9. The molecule has 0 saturated heterocycles. The van der Waals surface area contributed by atoms with Crippen molar-refractivity contribution in [3.8, 4) is 0 Å². The lowest BCUT2D eigenvalue weighted by Gasteiger charge is -2.34. The van der Waals surface area contributed by atoms with E-state index in [0.717, 1.165) is 35.5 Å². The fraction of sp³-hybridized carbons (Fsp3) is 0.607. The van der Waals surface area contributed by atoms with E-state index in [1.165, 1.54) is 11.3 Å². The van der Waals surface area contributed by atoms with Crippen LogP contribution >= 0.6 is 11.3 Å². The summed E-state index contributed by atoms with van der Waals surface area (Å²) in [6, 6.07) is 0. The van der Waals surface area contributed by atoms with Gasteiger partial charge in [0.15, 0.2) is 0 Å². The quantitative estimate of drug-likeness (QED) is 0.170. The Morgan fingerprint density at radius 2 is 1.89 bits per heavy atom. The van der Waals surface area contributed by atoms with Crippen molar-refractivity contribution in [2.75, 3.05) is 0 Å². The highest BCUT2D eigenvalue weighted by Crippen LogP contribution is 2.32. The standard InChI is InChI=1S/C28H43NO5S/c1-9-11-12-14-18(3)26(32)20(5)27(33)28(7,8)24(30)16-25(31)34-23(13-10-2)19(4)15-22-17-35-21(6)29-22/h9-10,15,17-18,20,23-24,26,30,32H,1-2,11-14,16H2,3-8H3/b19-15-/t18-,20+,23-,24-,26-/m0/s1. The normalized spacial score (nSPS) is 16.6. The fourth-order valence-electron chi connectivity index (χ4n) is 4.02. The van der Waals surface area contributed by atoms with Crippen LogP contribution in [0.2, 0.25) is 0 Å². The number of Topliss-reactive ketones (excluding diaryl/α,β-unsaturated/α-hetero) is 1. The van der Waals surface area contributed by atoms with E-state index in [4.69, 9.17) is 4.74 Å². The molecule has 0 bridgehead atoms. The predicted octanol–water partition coefficient (Wildman–Crippen LogP) is 5.68. The van der Waals surface area contributed by atoms with Crippen LogP contribution in [0.4, 0.5) is 0 Å². The number of nitrogens with zero attached hydrogens (tertiary/aromatic N) is 1. The largest absolute Gasteiger partial charge is 0.457 e. The second-order valence-electron chi connectivity index (χ2n) is 9.96. The number of aliphatic hydroxyl groups is 2. The first-order valence-corrected chi connectivity index (χ1v) is 13.1. The third-order valence-electron chi connectivity index (χ3n) is 6.58. The smallest absolute Gasteiger partial charge is 0.309 e. The number of aromatic nitrogens is 1. The van der Waals surface area contributed by atoms with Gasteiger partial charge in [0.2, 0.25) is 0 Å². The SMILES string of the molecule is C=CCCC[C@H](C)[C@H](O)[C@@H](C)C(=O)C(C)(C)[C@@H](O)CC(=O)O[C@@H](CC=C)/C(C)=C\c1csc(C)n1. The molecule has 1 aromatic rings. The monoisotopic (exact) mass is 505 g/mol. The van der Waals surface area contributed by atoms with E-state index in [0.29, 0.717) is 6.42 Å². The molecule has 1 heterocycles. The molecule has 0 aliphatic carbocycles. The van der Waals surface area contributed by atoms with E-state index < -0.39 is 35.6 Å². The number of allylic oxidation sites excluding steroid dienone is 1. The first-order valence-electron chi connectivity index (χ1n) is 12.3. The van der Waals surface area contributed by atoms with Gasteiger partial charge in [0.25, 0.3) is 0 Å². The van der Waals surface area contributed by atoms with Crippen molar-refractivity contribution in [2.24, 2.45) is 17.3 Å². The average molecular weight is 506 g/mol. The van der Waals surface area contributed by atoms with E-state index in [9.17, 15) is 19.8 Å². The van der Waals surface area contributed by atoms with Crippen LogP contribution < -0.4 is 0 Å². The van der Waals surface area contributed by atoms with Gasteiger partial charge in [0.1, 0.15) is 11.9 Å². The van der Waals surface area contributed by atoms with E-state index in [1.807, 2.05) is 38.3 Å². The molecule has 0 fully saturated rings. The summed E-state index contributed by atoms with van der Waals surface area (Å²) >= 11 is 1.54. The minimum atomic E-state index is -1.25. The van der Waals surface area contributed by atoms with Gasteiger partial charge in [-0.1, -0.05) is 39.8 Å². The Bertz CT molecular complexity index is 888. The molecule has 0 saturated carbocycles. The molecule has 1 aromatic heterocycles. The highest BCUT2D eigenvalue weighted by molar-refractivity contribution is 7.09. The molecule has 2 N–H and O–H groups in total. The number of ether oxygens (including phenoxy) is 1. The number of esters is 1. The Labute approximate surface area is 214 Å². The summed E-state index contributed by atoms with van der Waals surface area (Å²) in [5.74, 6) is -1.62. The Hall–Kier alpha value is -2.09. The van der Waals surface area contributed by atoms with E-state index in [2.05, 4.69) is 18.1 Å². The summed E-state index contributed by atoms with van der Waals surface area (Å²) in [5, 5.41) is 24.4. The summed E-state index contributed by atoms with van der Waals surface area (Å²) in [5.41, 5.74) is 0.390. The van der Waals surface area contributed by atoms with Gasteiger partial charge in [-0.05, 0) is 50.7 Å². The molecule has 0 spiro atoms. The zero-order valence-electron chi connectivity index (χ0n) is 22.1. The molecule has 0 aliphatic heterocycles. The topological polar surface area (TPSA) is 96.7 Å².